The smallest absolute Gasteiger partial charge is 0.251 e. The standard InChI is InChI=1S/C20H20N2O4/c1-13-4-2-3-5-16(13)20(24)21-10-14-8-19(23)22(11-14)15-6-7-17-18(9-15)26-12-25-17/h2-7,9,14H,8,10-12H2,1H3,(H,21,24)/t14-/m0/s1. The first kappa shape index (κ1) is 16.4. The molecular weight excluding hydrogens is 332 g/mol. The molecule has 0 aromatic heterocycles. The van der Waals surface area contributed by atoms with Crippen LogP contribution in [0.3, 0.4) is 0 Å². The van der Waals surface area contributed by atoms with Crippen LogP contribution in [-0.4, -0.2) is 31.7 Å². The molecule has 0 saturated carbocycles. The summed E-state index contributed by atoms with van der Waals surface area (Å²) < 4.78 is 10.7. The molecule has 2 aliphatic heterocycles. The molecule has 2 heterocycles. The Morgan fingerprint density at radius 3 is 2.85 bits per heavy atom. The number of nitrogens with one attached hydrogen (secondary N) is 1. The first-order chi connectivity index (χ1) is 12.6. The maximum absolute atomic E-state index is 12.4. The van der Waals surface area contributed by atoms with Crippen molar-refractivity contribution in [1.29, 1.82) is 0 Å². The summed E-state index contributed by atoms with van der Waals surface area (Å²) in [6, 6.07) is 13.0. The predicted octanol–water partition coefficient (Wildman–Crippen LogP) is 2.51. The van der Waals surface area contributed by atoms with Crippen molar-refractivity contribution in [2.24, 2.45) is 5.92 Å². The van der Waals surface area contributed by atoms with Crippen LogP contribution >= 0.6 is 0 Å². The first-order valence-electron chi connectivity index (χ1n) is 8.65. The van der Waals surface area contributed by atoms with Crippen molar-refractivity contribution in [2.45, 2.75) is 13.3 Å². The number of nitrogens with zero attached hydrogens (tertiary/aromatic N) is 1. The summed E-state index contributed by atoms with van der Waals surface area (Å²) >= 11 is 0. The van der Waals surface area contributed by atoms with Crippen LogP contribution in [0.2, 0.25) is 0 Å². The molecule has 6 nitrogen and oxygen atoms in total. The number of anilines is 1. The highest BCUT2D eigenvalue weighted by Gasteiger charge is 2.31. The largest absolute Gasteiger partial charge is 0.454 e. The van der Waals surface area contributed by atoms with Crippen molar-refractivity contribution in [3.8, 4) is 11.5 Å². The summed E-state index contributed by atoms with van der Waals surface area (Å²) in [6.07, 6.45) is 0.419. The van der Waals surface area contributed by atoms with Crippen LogP contribution in [0.15, 0.2) is 42.5 Å². The van der Waals surface area contributed by atoms with Gasteiger partial charge in [0, 0.05) is 42.7 Å². The first-order valence-corrected chi connectivity index (χ1v) is 8.65. The minimum absolute atomic E-state index is 0.0546. The van der Waals surface area contributed by atoms with Crippen molar-refractivity contribution in [1.82, 2.24) is 5.32 Å². The number of amides is 2. The van der Waals surface area contributed by atoms with Gasteiger partial charge in [0.1, 0.15) is 0 Å². The fourth-order valence-corrected chi connectivity index (χ4v) is 3.38. The molecule has 134 valence electrons. The van der Waals surface area contributed by atoms with Crippen LogP contribution < -0.4 is 19.7 Å². The Kier molecular flexibility index (Phi) is 4.24. The molecule has 0 unspecified atom stereocenters. The van der Waals surface area contributed by atoms with E-state index in [0.717, 1.165) is 11.3 Å². The highest BCUT2D eigenvalue weighted by atomic mass is 16.7. The number of ether oxygens (including phenoxy) is 2. The number of carbonyl (C=O) groups excluding carboxylic acids is 2. The second-order valence-corrected chi connectivity index (χ2v) is 6.64. The second-order valence-electron chi connectivity index (χ2n) is 6.64. The van der Waals surface area contributed by atoms with E-state index in [9.17, 15) is 9.59 Å². The summed E-state index contributed by atoms with van der Waals surface area (Å²) in [5.74, 6) is 1.39. The molecule has 2 amide bonds. The van der Waals surface area contributed by atoms with Crippen molar-refractivity contribution in [3.63, 3.8) is 0 Å². The maximum atomic E-state index is 12.4. The Morgan fingerprint density at radius 1 is 1.19 bits per heavy atom. The molecule has 1 fully saturated rings. The number of aryl methyl sites for hydroxylation is 1. The van der Waals surface area contributed by atoms with Gasteiger partial charge in [0.2, 0.25) is 12.7 Å². The van der Waals surface area contributed by atoms with Crippen LogP contribution in [0.4, 0.5) is 5.69 Å². The van der Waals surface area contributed by atoms with Gasteiger partial charge in [0.05, 0.1) is 0 Å². The molecule has 0 aliphatic carbocycles. The Balaban J connectivity index is 1.39. The van der Waals surface area contributed by atoms with Crippen molar-refractivity contribution < 1.29 is 19.1 Å². The molecule has 1 N–H and O–H groups in total. The normalized spacial score (nSPS) is 18.3. The van der Waals surface area contributed by atoms with E-state index in [0.29, 0.717) is 36.6 Å². The predicted molar refractivity (Wildman–Crippen MR) is 96.5 cm³/mol. The zero-order valence-electron chi connectivity index (χ0n) is 14.5. The van der Waals surface area contributed by atoms with Gasteiger partial charge in [-0.1, -0.05) is 18.2 Å². The van der Waals surface area contributed by atoms with Gasteiger partial charge in [-0.2, -0.15) is 0 Å². The number of hydrogen-bond acceptors (Lipinski definition) is 4. The van der Waals surface area contributed by atoms with E-state index in [-0.39, 0.29) is 24.5 Å². The van der Waals surface area contributed by atoms with Crippen LogP contribution in [0.5, 0.6) is 11.5 Å². The van der Waals surface area contributed by atoms with E-state index in [4.69, 9.17) is 9.47 Å². The third kappa shape index (κ3) is 3.10. The van der Waals surface area contributed by atoms with E-state index in [2.05, 4.69) is 5.32 Å². The molecule has 4 rings (SSSR count). The van der Waals surface area contributed by atoms with Gasteiger partial charge in [0.15, 0.2) is 11.5 Å². The van der Waals surface area contributed by atoms with Gasteiger partial charge in [0.25, 0.3) is 5.91 Å². The molecule has 0 radical (unpaired) electrons. The molecule has 2 aromatic carbocycles. The van der Waals surface area contributed by atoms with E-state index in [1.165, 1.54) is 0 Å². The van der Waals surface area contributed by atoms with Crippen molar-refractivity contribution >= 4 is 17.5 Å². The number of rotatable bonds is 4. The van der Waals surface area contributed by atoms with Gasteiger partial charge < -0.3 is 19.7 Å². The van der Waals surface area contributed by atoms with Gasteiger partial charge >= 0.3 is 0 Å². The van der Waals surface area contributed by atoms with Gasteiger partial charge in [-0.3, -0.25) is 9.59 Å². The van der Waals surface area contributed by atoms with Crippen LogP contribution in [0.25, 0.3) is 0 Å². The summed E-state index contributed by atoms with van der Waals surface area (Å²) in [4.78, 5) is 26.5. The minimum atomic E-state index is -0.0999. The number of hydrogen-bond donors (Lipinski definition) is 1. The summed E-state index contributed by atoms with van der Waals surface area (Å²) in [5.41, 5.74) is 2.41. The number of carbonyl (C=O) groups is 2. The van der Waals surface area contributed by atoms with Crippen molar-refractivity contribution in [3.05, 3.63) is 53.6 Å². The average Bonchev–Trinajstić information content (AvgIpc) is 3.25. The highest BCUT2D eigenvalue weighted by Crippen LogP contribution is 2.37. The highest BCUT2D eigenvalue weighted by molar-refractivity contribution is 5.97. The molecule has 1 atom stereocenters. The van der Waals surface area contributed by atoms with Gasteiger partial charge in [-0.25, -0.2) is 0 Å². The minimum Gasteiger partial charge on any atom is -0.454 e. The molecule has 2 aromatic rings. The number of benzene rings is 2. The Hall–Kier alpha value is -3.02. The van der Waals surface area contributed by atoms with Gasteiger partial charge in [-0.15, -0.1) is 0 Å². The topological polar surface area (TPSA) is 67.9 Å². The van der Waals surface area contributed by atoms with E-state index in [1.54, 1.807) is 4.90 Å². The monoisotopic (exact) mass is 352 g/mol. The number of fused-ring (bicyclic) bond motifs is 1. The lowest BCUT2D eigenvalue weighted by Crippen LogP contribution is -2.31. The second kappa shape index (κ2) is 6.71. The molecule has 6 heteroatoms. The fourth-order valence-electron chi connectivity index (χ4n) is 3.38. The van der Waals surface area contributed by atoms with Crippen LogP contribution in [0, 0.1) is 12.8 Å². The van der Waals surface area contributed by atoms with Crippen LogP contribution in [-0.2, 0) is 4.79 Å². The zero-order chi connectivity index (χ0) is 18.1. The molecule has 2 aliphatic rings. The molecule has 1 saturated heterocycles. The Labute approximate surface area is 151 Å². The third-order valence-electron chi connectivity index (χ3n) is 4.81. The summed E-state index contributed by atoms with van der Waals surface area (Å²) in [6.45, 7) is 3.17. The van der Waals surface area contributed by atoms with Gasteiger partial charge in [-0.05, 0) is 30.7 Å². The summed E-state index contributed by atoms with van der Waals surface area (Å²) in [5, 5.41) is 2.95. The third-order valence-corrected chi connectivity index (χ3v) is 4.81. The SMILES string of the molecule is Cc1ccccc1C(=O)NC[C@@H]1CC(=O)N(c2ccc3c(c2)OCO3)C1. The van der Waals surface area contributed by atoms with Crippen molar-refractivity contribution in [2.75, 3.05) is 24.8 Å². The zero-order valence-corrected chi connectivity index (χ0v) is 14.5. The summed E-state index contributed by atoms with van der Waals surface area (Å²) in [7, 11) is 0. The lowest BCUT2D eigenvalue weighted by atomic mass is 10.1. The quantitative estimate of drug-likeness (QED) is 0.918. The average molecular weight is 352 g/mol. The molecule has 0 bridgehead atoms. The lowest BCUT2D eigenvalue weighted by Gasteiger charge is -2.17. The Bertz CT molecular complexity index is 865. The molecule has 0 spiro atoms. The fraction of sp³-hybridized carbons (Fsp3) is 0.300. The van der Waals surface area contributed by atoms with E-state index < -0.39 is 0 Å². The van der Waals surface area contributed by atoms with E-state index in [1.807, 2.05) is 49.4 Å². The van der Waals surface area contributed by atoms with Crippen LogP contribution in [0.1, 0.15) is 22.3 Å². The maximum Gasteiger partial charge on any atom is 0.251 e. The Morgan fingerprint density at radius 2 is 2.00 bits per heavy atom. The van der Waals surface area contributed by atoms with E-state index >= 15 is 0 Å². The lowest BCUT2D eigenvalue weighted by molar-refractivity contribution is -0.117. The molecular formula is C20H20N2O4. The molecule has 26 heavy (non-hydrogen) atoms.